The molecule has 0 aliphatic carbocycles. The number of ether oxygens (including phenoxy) is 2. The van der Waals surface area contributed by atoms with Crippen LogP contribution in [-0.4, -0.2) is 44.2 Å². The van der Waals surface area contributed by atoms with Crippen LogP contribution in [0.4, 0.5) is 0 Å². The second-order valence-electron chi connectivity index (χ2n) is 6.77. The maximum absolute atomic E-state index is 12.7. The Morgan fingerprint density at radius 1 is 1.12 bits per heavy atom. The zero-order chi connectivity index (χ0) is 18.3. The van der Waals surface area contributed by atoms with Gasteiger partial charge in [0, 0.05) is 19.1 Å². The highest BCUT2D eigenvalue weighted by molar-refractivity contribution is 5.85. The molecule has 25 heavy (non-hydrogen) atoms. The van der Waals surface area contributed by atoms with E-state index in [1.54, 1.807) is 14.2 Å². The van der Waals surface area contributed by atoms with Gasteiger partial charge < -0.3 is 20.1 Å². The number of methoxy groups -OCH3 is 2. The number of carbonyl (C=O) groups is 1. The van der Waals surface area contributed by atoms with Crippen molar-refractivity contribution < 1.29 is 14.3 Å². The molecule has 2 atom stereocenters. The van der Waals surface area contributed by atoms with Gasteiger partial charge in [0.05, 0.1) is 20.1 Å². The largest absolute Gasteiger partial charge is 0.493 e. The van der Waals surface area contributed by atoms with Crippen molar-refractivity contribution in [1.29, 1.82) is 0 Å². The number of nitrogens with zero attached hydrogens (tertiary/aromatic N) is 1. The average Bonchev–Trinajstić information content (AvgIpc) is 2.56. The lowest BCUT2D eigenvalue weighted by molar-refractivity contribution is -0.136. The molecule has 1 aromatic rings. The first-order valence-corrected chi connectivity index (χ1v) is 8.55. The molecule has 0 saturated heterocycles. The average molecular weight is 373 g/mol. The Bertz CT molecular complexity index is 535. The Hall–Kier alpha value is -1.46. The van der Waals surface area contributed by atoms with Gasteiger partial charge in [-0.25, -0.2) is 0 Å². The highest BCUT2D eigenvalue weighted by Gasteiger charge is 2.23. The lowest BCUT2D eigenvalue weighted by atomic mass is 10.0. The van der Waals surface area contributed by atoms with E-state index in [4.69, 9.17) is 15.2 Å². The van der Waals surface area contributed by atoms with Gasteiger partial charge in [0.15, 0.2) is 11.5 Å². The molecule has 0 saturated carbocycles. The van der Waals surface area contributed by atoms with E-state index in [2.05, 4.69) is 13.8 Å². The van der Waals surface area contributed by atoms with E-state index in [1.165, 1.54) is 0 Å². The minimum atomic E-state index is -0.172. The van der Waals surface area contributed by atoms with E-state index < -0.39 is 0 Å². The van der Waals surface area contributed by atoms with Gasteiger partial charge in [-0.3, -0.25) is 4.79 Å². The van der Waals surface area contributed by atoms with Crippen molar-refractivity contribution in [1.82, 2.24) is 4.90 Å². The van der Waals surface area contributed by atoms with E-state index in [1.807, 2.05) is 36.9 Å². The number of carbonyl (C=O) groups excluding carboxylic acids is 1. The molecular formula is C19H33ClN2O3. The lowest BCUT2D eigenvalue weighted by Gasteiger charge is -2.29. The van der Waals surface area contributed by atoms with Gasteiger partial charge in [-0.15, -0.1) is 12.4 Å². The van der Waals surface area contributed by atoms with Crippen LogP contribution in [0.3, 0.4) is 0 Å². The van der Waals surface area contributed by atoms with Gasteiger partial charge in [-0.2, -0.15) is 0 Å². The van der Waals surface area contributed by atoms with Crippen molar-refractivity contribution in [2.75, 3.05) is 27.3 Å². The molecule has 0 aliphatic heterocycles. The SMILES string of the molecule is COc1ccc(CCN(CC(C)C)C(=O)C(C)C(C)N)cc1OC.Cl. The molecule has 5 nitrogen and oxygen atoms in total. The molecule has 0 bridgehead atoms. The maximum Gasteiger partial charge on any atom is 0.226 e. The number of nitrogens with two attached hydrogens (primary N) is 1. The zero-order valence-electron chi connectivity index (χ0n) is 16.2. The molecule has 1 amide bonds. The molecule has 0 fully saturated rings. The molecule has 0 aromatic heterocycles. The first kappa shape index (κ1) is 23.5. The highest BCUT2D eigenvalue weighted by atomic mass is 35.5. The van der Waals surface area contributed by atoms with Crippen LogP contribution in [0.1, 0.15) is 33.3 Å². The van der Waals surface area contributed by atoms with Crippen LogP contribution in [-0.2, 0) is 11.2 Å². The molecule has 2 N–H and O–H groups in total. The number of amides is 1. The van der Waals surface area contributed by atoms with Crippen LogP contribution in [0.5, 0.6) is 11.5 Å². The van der Waals surface area contributed by atoms with Gasteiger partial charge in [0.1, 0.15) is 0 Å². The monoisotopic (exact) mass is 372 g/mol. The van der Waals surface area contributed by atoms with Gasteiger partial charge in [-0.05, 0) is 37.0 Å². The Kier molecular flexibility index (Phi) is 10.6. The van der Waals surface area contributed by atoms with Crippen molar-refractivity contribution in [2.24, 2.45) is 17.6 Å². The summed E-state index contributed by atoms with van der Waals surface area (Å²) in [6, 6.07) is 5.72. The van der Waals surface area contributed by atoms with E-state index in [-0.39, 0.29) is 30.3 Å². The third kappa shape index (κ3) is 7.12. The minimum absolute atomic E-state index is 0. The Morgan fingerprint density at radius 2 is 1.72 bits per heavy atom. The molecule has 0 radical (unpaired) electrons. The second kappa shape index (κ2) is 11.2. The molecular weight excluding hydrogens is 340 g/mol. The highest BCUT2D eigenvalue weighted by Crippen LogP contribution is 2.27. The maximum atomic E-state index is 12.7. The first-order chi connectivity index (χ1) is 11.3. The summed E-state index contributed by atoms with van der Waals surface area (Å²) >= 11 is 0. The molecule has 6 heteroatoms. The van der Waals surface area contributed by atoms with Gasteiger partial charge in [0.25, 0.3) is 0 Å². The molecule has 1 rings (SSSR count). The third-order valence-corrected chi connectivity index (χ3v) is 4.19. The first-order valence-electron chi connectivity index (χ1n) is 8.55. The van der Waals surface area contributed by atoms with E-state index in [0.29, 0.717) is 24.0 Å². The van der Waals surface area contributed by atoms with Crippen LogP contribution in [0.2, 0.25) is 0 Å². The molecule has 0 spiro atoms. The number of hydrogen-bond acceptors (Lipinski definition) is 4. The van der Waals surface area contributed by atoms with Crippen molar-refractivity contribution in [2.45, 2.75) is 40.2 Å². The summed E-state index contributed by atoms with van der Waals surface area (Å²) in [5.41, 5.74) is 7.02. The fourth-order valence-corrected chi connectivity index (χ4v) is 2.55. The summed E-state index contributed by atoms with van der Waals surface area (Å²) < 4.78 is 10.6. The predicted molar refractivity (Wildman–Crippen MR) is 105 cm³/mol. The molecule has 2 unspecified atom stereocenters. The quantitative estimate of drug-likeness (QED) is 0.723. The third-order valence-electron chi connectivity index (χ3n) is 4.19. The van der Waals surface area contributed by atoms with Crippen LogP contribution in [0, 0.1) is 11.8 Å². The summed E-state index contributed by atoms with van der Waals surface area (Å²) in [6.07, 6.45) is 0.768. The van der Waals surface area contributed by atoms with Gasteiger partial charge in [0.2, 0.25) is 5.91 Å². The number of benzene rings is 1. The van der Waals surface area contributed by atoms with E-state index in [0.717, 1.165) is 18.5 Å². The molecule has 0 heterocycles. The lowest BCUT2D eigenvalue weighted by Crippen LogP contribution is -2.44. The van der Waals surface area contributed by atoms with E-state index >= 15 is 0 Å². The van der Waals surface area contributed by atoms with Crippen LogP contribution in [0.15, 0.2) is 18.2 Å². The Morgan fingerprint density at radius 3 is 2.20 bits per heavy atom. The van der Waals surface area contributed by atoms with Crippen molar-refractivity contribution in [3.63, 3.8) is 0 Å². The minimum Gasteiger partial charge on any atom is -0.493 e. The number of rotatable bonds is 9. The predicted octanol–water partition coefficient (Wildman–Crippen LogP) is 3.14. The van der Waals surface area contributed by atoms with Crippen molar-refractivity contribution >= 4 is 18.3 Å². The number of halogens is 1. The van der Waals surface area contributed by atoms with Gasteiger partial charge >= 0.3 is 0 Å². The Labute approximate surface area is 158 Å². The van der Waals surface area contributed by atoms with Crippen molar-refractivity contribution in [3.8, 4) is 11.5 Å². The topological polar surface area (TPSA) is 64.8 Å². The summed E-state index contributed by atoms with van der Waals surface area (Å²) in [4.78, 5) is 14.6. The second-order valence-corrected chi connectivity index (χ2v) is 6.77. The summed E-state index contributed by atoms with van der Waals surface area (Å²) in [5.74, 6) is 1.79. The van der Waals surface area contributed by atoms with E-state index in [9.17, 15) is 4.79 Å². The molecule has 1 aromatic carbocycles. The standard InChI is InChI=1S/C19H32N2O3.ClH/c1-13(2)12-21(19(22)14(3)15(4)20)10-9-16-7-8-17(23-5)18(11-16)24-6;/h7-8,11,13-15H,9-10,12,20H2,1-6H3;1H. The molecule has 0 aliphatic rings. The smallest absolute Gasteiger partial charge is 0.226 e. The fraction of sp³-hybridized carbons (Fsp3) is 0.632. The zero-order valence-corrected chi connectivity index (χ0v) is 17.1. The Balaban J connectivity index is 0.00000576. The van der Waals surface area contributed by atoms with Crippen molar-refractivity contribution in [3.05, 3.63) is 23.8 Å². The summed E-state index contributed by atoms with van der Waals surface area (Å²) in [7, 11) is 3.25. The normalized spacial score (nSPS) is 13.0. The van der Waals surface area contributed by atoms with Gasteiger partial charge in [-0.1, -0.05) is 26.8 Å². The summed E-state index contributed by atoms with van der Waals surface area (Å²) in [5, 5.41) is 0. The van der Waals surface area contributed by atoms with Crippen LogP contribution < -0.4 is 15.2 Å². The summed E-state index contributed by atoms with van der Waals surface area (Å²) in [6.45, 7) is 9.42. The van der Waals surface area contributed by atoms with Crippen LogP contribution >= 0.6 is 12.4 Å². The molecule has 144 valence electrons. The fourth-order valence-electron chi connectivity index (χ4n) is 2.55. The van der Waals surface area contributed by atoms with Crippen LogP contribution in [0.25, 0.3) is 0 Å². The number of hydrogen-bond donors (Lipinski definition) is 1.